The number of nitrogens with one attached hydrogen (secondary N) is 1. The highest BCUT2D eigenvalue weighted by Crippen LogP contribution is 2.16. The predicted molar refractivity (Wildman–Crippen MR) is 75.5 cm³/mol. The zero-order valence-electron chi connectivity index (χ0n) is 11.2. The maximum atomic E-state index is 12.2. The molecule has 0 aliphatic heterocycles. The highest BCUT2D eigenvalue weighted by molar-refractivity contribution is 6.05. The third kappa shape index (κ3) is 3.32. The van der Waals surface area contributed by atoms with Crippen LogP contribution >= 0.6 is 0 Å². The zero-order chi connectivity index (χ0) is 14.5. The van der Waals surface area contributed by atoms with E-state index in [2.05, 4.69) is 10.3 Å². The second-order valence-electron chi connectivity index (χ2n) is 4.69. The maximum absolute atomic E-state index is 12.2. The first-order valence-electron chi connectivity index (χ1n) is 6.44. The van der Waals surface area contributed by atoms with Crippen molar-refractivity contribution < 1.29 is 14.7 Å². The molecule has 0 bridgehead atoms. The summed E-state index contributed by atoms with van der Waals surface area (Å²) >= 11 is 0. The van der Waals surface area contributed by atoms with Gasteiger partial charge in [0.2, 0.25) is 0 Å². The lowest BCUT2D eigenvalue weighted by Crippen LogP contribution is -2.33. The maximum Gasteiger partial charge on any atom is 0.303 e. The fraction of sp³-hybridized carbons (Fsp3) is 0.267. The van der Waals surface area contributed by atoms with Gasteiger partial charge in [-0.2, -0.15) is 0 Å². The molecule has 0 fully saturated rings. The van der Waals surface area contributed by atoms with Gasteiger partial charge in [-0.1, -0.05) is 24.3 Å². The summed E-state index contributed by atoms with van der Waals surface area (Å²) in [6, 6.07) is 9.16. The van der Waals surface area contributed by atoms with Crippen molar-refractivity contribution in [2.24, 2.45) is 0 Å². The van der Waals surface area contributed by atoms with Crippen molar-refractivity contribution in [3.05, 3.63) is 42.2 Å². The topological polar surface area (TPSA) is 79.3 Å². The number of aliphatic carboxylic acids is 1. The number of amides is 1. The van der Waals surface area contributed by atoms with Crippen LogP contribution < -0.4 is 5.32 Å². The van der Waals surface area contributed by atoms with E-state index >= 15 is 0 Å². The van der Waals surface area contributed by atoms with E-state index in [4.69, 9.17) is 5.11 Å². The Morgan fingerprint density at radius 3 is 2.80 bits per heavy atom. The first kappa shape index (κ1) is 14.0. The van der Waals surface area contributed by atoms with Crippen molar-refractivity contribution in [3.8, 4) is 0 Å². The third-order valence-electron chi connectivity index (χ3n) is 3.06. The van der Waals surface area contributed by atoms with Gasteiger partial charge < -0.3 is 10.4 Å². The van der Waals surface area contributed by atoms with E-state index in [9.17, 15) is 9.59 Å². The molecule has 2 rings (SSSR count). The number of carbonyl (C=O) groups is 2. The number of rotatable bonds is 5. The van der Waals surface area contributed by atoms with Crippen molar-refractivity contribution in [1.82, 2.24) is 10.3 Å². The summed E-state index contributed by atoms with van der Waals surface area (Å²) in [6.45, 7) is 1.78. The van der Waals surface area contributed by atoms with Crippen LogP contribution in [0.1, 0.15) is 30.3 Å². The molecule has 1 atom stereocenters. The van der Waals surface area contributed by atoms with Gasteiger partial charge >= 0.3 is 5.97 Å². The first-order chi connectivity index (χ1) is 9.58. The molecular weight excluding hydrogens is 256 g/mol. The number of carboxylic acids is 1. The molecule has 1 heterocycles. The van der Waals surface area contributed by atoms with Gasteiger partial charge in [0.15, 0.2) is 0 Å². The van der Waals surface area contributed by atoms with Gasteiger partial charge in [-0.25, -0.2) is 0 Å². The molecule has 0 saturated carbocycles. The average Bonchev–Trinajstić information content (AvgIpc) is 2.44. The number of carbonyl (C=O) groups excluding carboxylic acids is 1. The van der Waals surface area contributed by atoms with Crippen LogP contribution in [0.2, 0.25) is 0 Å². The number of hydrogen-bond donors (Lipinski definition) is 2. The lowest BCUT2D eigenvalue weighted by Gasteiger charge is -2.13. The van der Waals surface area contributed by atoms with E-state index in [-0.39, 0.29) is 18.4 Å². The molecule has 1 amide bonds. The number of pyridine rings is 1. The van der Waals surface area contributed by atoms with Gasteiger partial charge in [-0.05, 0) is 24.8 Å². The van der Waals surface area contributed by atoms with E-state index < -0.39 is 5.97 Å². The van der Waals surface area contributed by atoms with E-state index in [0.29, 0.717) is 12.1 Å². The van der Waals surface area contributed by atoms with Crippen molar-refractivity contribution in [2.75, 3.05) is 0 Å². The minimum absolute atomic E-state index is 0.0322. The lowest BCUT2D eigenvalue weighted by atomic mass is 10.1. The minimum atomic E-state index is -0.866. The number of hydrogen-bond acceptors (Lipinski definition) is 3. The lowest BCUT2D eigenvalue weighted by molar-refractivity contribution is -0.137. The fourth-order valence-electron chi connectivity index (χ4n) is 2.00. The number of aromatic nitrogens is 1. The Morgan fingerprint density at radius 2 is 2.05 bits per heavy atom. The first-order valence-corrected chi connectivity index (χ1v) is 6.44. The van der Waals surface area contributed by atoms with Crippen LogP contribution in [0.25, 0.3) is 10.8 Å². The van der Waals surface area contributed by atoms with Gasteiger partial charge in [-0.3, -0.25) is 14.6 Å². The average molecular weight is 272 g/mol. The van der Waals surface area contributed by atoms with Crippen LogP contribution in [0.3, 0.4) is 0 Å². The molecular formula is C15H16N2O3. The van der Waals surface area contributed by atoms with Crippen LogP contribution in [0.15, 0.2) is 36.5 Å². The van der Waals surface area contributed by atoms with Crippen LogP contribution in [-0.4, -0.2) is 28.0 Å². The monoisotopic (exact) mass is 272 g/mol. The summed E-state index contributed by atoms with van der Waals surface area (Å²) in [5.41, 5.74) is 0.366. The Kier molecular flexibility index (Phi) is 4.30. The number of carboxylic acid groups (broad SMARTS) is 1. The fourth-order valence-corrected chi connectivity index (χ4v) is 2.00. The summed E-state index contributed by atoms with van der Waals surface area (Å²) < 4.78 is 0. The molecule has 0 spiro atoms. The second kappa shape index (κ2) is 6.14. The third-order valence-corrected chi connectivity index (χ3v) is 3.06. The Morgan fingerprint density at radius 1 is 1.30 bits per heavy atom. The Bertz CT molecular complexity index is 635. The molecule has 5 heteroatoms. The van der Waals surface area contributed by atoms with Crippen molar-refractivity contribution in [3.63, 3.8) is 0 Å². The molecule has 2 N–H and O–H groups in total. The van der Waals surface area contributed by atoms with E-state index in [0.717, 1.165) is 10.8 Å². The SMILES string of the molecule is CC(CCC(=O)O)NC(=O)c1nccc2ccccc12. The summed E-state index contributed by atoms with van der Waals surface area (Å²) in [6.07, 6.45) is 2.02. The molecule has 0 aliphatic rings. The van der Waals surface area contributed by atoms with Crippen LogP contribution in [0, 0.1) is 0 Å². The summed E-state index contributed by atoms with van der Waals surface area (Å²) in [5.74, 6) is -1.14. The van der Waals surface area contributed by atoms with Crippen LogP contribution in [-0.2, 0) is 4.79 Å². The van der Waals surface area contributed by atoms with Gasteiger partial charge in [0.1, 0.15) is 5.69 Å². The molecule has 1 aromatic heterocycles. The highest BCUT2D eigenvalue weighted by Gasteiger charge is 2.14. The van der Waals surface area contributed by atoms with Crippen LogP contribution in [0.4, 0.5) is 0 Å². The quantitative estimate of drug-likeness (QED) is 0.874. The smallest absolute Gasteiger partial charge is 0.303 e. The molecule has 0 saturated heterocycles. The summed E-state index contributed by atoms with van der Waals surface area (Å²) in [5, 5.41) is 13.1. The molecule has 0 radical (unpaired) electrons. The number of benzene rings is 1. The Labute approximate surface area is 116 Å². The van der Waals surface area contributed by atoms with E-state index in [1.165, 1.54) is 0 Å². The summed E-state index contributed by atoms with van der Waals surface area (Å²) in [4.78, 5) is 26.8. The van der Waals surface area contributed by atoms with E-state index in [1.807, 2.05) is 30.3 Å². The Hall–Kier alpha value is -2.43. The van der Waals surface area contributed by atoms with Crippen LogP contribution in [0.5, 0.6) is 0 Å². The number of fused-ring (bicyclic) bond motifs is 1. The van der Waals surface area contributed by atoms with Gasteiger partial charge in [0, 0.05) is 24.0 Å². The molecule has 1 unspecified atom stereocenters. The van der Waals surface area contributed by atoms with Crippen molar-refractivity contribution in [1.29, 1.82) is 0 Å². The molecule has 5 nitrogen and oxygen atoms in total. The van der Waals surface area contributed by atoms with E-state index in [1.54, 1.807) is 13.1 Å². The molecule has 0 aliphatic carbocycles. The number of nitrogens with zero attached hydrogens (tertiary/aromatic N) is 1. The Balaban J connectivity index is 2.13. The largest absolute Gasteiger partial charge is 0.481 e. The normalized spacial score (nSPS) is 12.1. The molecule has 1 aromatic carbocycles. The zero-order valence-corrected chi connectivity index (χ0v) is 11.2. The molecule has 104 valence electrons. The predicted octanol–water partition coefficient (Wildman–Crippen LogP) is 2.22. The van der Waals surface area contributed by atoms with Gasteiger partial charge in [0.25, 0.3) is 5.91 Å². The van der Waals surface area contributed by atoms with Gasteiger partial charge in [-0.15, -0.1) is 0 Å². The van der Waals surface area contributed by atoms with Crippen molar-refractivity contribution in [2.45, 2.75) is 25.8 Å². The van der Waals surface area contributed by atoms with Crippen molar-refractivity contribution >= 4 is 22.6 Å². The summed E-state index contributed by atoms with van der Waals surface area (Å²) in [7, 11) is 0. The highest BCUT2D eigenvalue weighted by atomic mass is 16.4. The molecule has 20 heavy (non-hydrogen) atoms. The van der Waals surface area contributed by atoms with Gasteiger partial charge in [0.05, 0.1) is 0 Å². The standard InChI is InChI=1S/C15H16N2O3/c1-10(6-7-13(18)19)17-15(20)14-12-5-3-2-4-11(12)8-9-16-14/h2-5,8-10H,6-7H2,1H3,(H,17,20)(H,18,19). The minimum Gasteiger partial charge on any atom is -0.481 e. The molecule has 2 aromatic rings. The second-order valence-corrected chi connectivity index (χ2v) is 4.69.